The zero-order valence-corrected chi connectivity index (χ0v) is 40.5. The number of nitro groups is 1. The van der Waals surface area contributed by atoms with Crippen LogP contribution >= 0.6 is 0 Å². The number of piperazine rings is 1. The number of nitrogens with zero attached hydrogens (tertiary/aromatic N) is 7. The predicted octanol–water partition coefficient (Wildman–Crippen LogP) is 5.92. The largest absolute Gasteiger partial charge is 0.478 e. The van der Waals surface area contributed by atoms with Crippen LogP contribution in [0, 0.1) is 10.1 Å². The minimum absolute atomic E-state index is 0.00490. The van der Waals surface area contributed by atoms with Gasteiger partial charge in [-0.15, -0.1) is 0 Å². The molecule has 0 bridgehead atoms. The molecule has 2 N–H and O–H groups in total. The van der Waals surface area contributed by atoms with E-state index in [9.17, 15) is 41.3 Å². The van der Waals surface area contributed by atoms with E-state index >= 15 is 0 Å². The summed E-state index contributed by atoms with van der Waals surface area (Å²) in [6.45, 7) is 7.04. The quantitative estimate of drug-likeness (QED) is 0.0364. The molecule has 4 heterocycles. The first-order chi connectivity index (χ1) is 34.1. The van der Waals surface area contributed by atoms with E-state index in [4.69, 9.17) is 38.5 Å². The minimum atomic E-state index is -4.95. The highest BCUT2D eigenvalue weighted by Gasteiger charge is 2.41. The van der Waals surface area contributed by atoms with E-state index < -0.39 is 67.6 Å². The molecular weight excluding hydrogens is 962 g/mol. The van der Waals surface area contributed by atoms with Crippen LogP contribution in [0.2, 0.25) is 0 Å². The maximum Gasteiger partial charge on any atom is 0.434 e. The summed E-state index contributed by atoms with van der Waals surface area (Å²) in [5.41, 5.74) is -1.03. The van der Waals surface area contributed by atoms with Crippen molar-refractivity contribution < 1.29 is 69.6 Å². The number of carbonyl (C=O) groups excluding carboxylic acids is 1. The number of nitrogens with one attached hydrogen (secondary N) is 1. The molecule has 2 amide bonds. The number of carboxylic acid groups (broad SMARTS) is 1. The molecule has 0 saturated carbocycles. The van der Waals surface area contributed by atoms with Gasteiger partial charge in [0.05, 0.1) is 99.1 Å². The summed E-state index contributed by atoms with van der Waals surface area (Å²) in [4.78, 5) is 51.5. The number of para-hydroxylation sites is 1. The van der Waals surface area contributed by atoms with Crippen LogP contribution < -0.4 is 19.7 Å². The number of rotatable bonds is 29. The monoisotopic (exact) mass is 1020 g/mol. The minimum Gasteiger partial charge on any atom is -0.478 e. The highest BCUT2D eigenvalue weighted by Crippen LogP contribution is 2.36. The van der Waals surface area contributed by atoms with Gasteiger partial charge >= 0.3 is 12.3 Å². The second-order valence-corrected chi connectivity index (χ2v) is 17.4. The fourth-order valence-corrected chi connectivity index (χ4v) is 9.14. The average molecular weight is 1020 g/mol. The fraction of sp³-hybridized carbons (Fsp3) is 0.500. The topological polar surface area (TPSA) is 247 Å². The van der Waals surface area contributed by atoms with Crippen LogP contribution in [0.4, 0.5) is 29.3 Å². The lowest BCUT2D eigenvalue weighted by Gasteiger charge is -2.43. The second kappa shape index (κ2) is 27.4. The van der Waals surface area contributed by atoms with Crippen molar-refractivity contribution in [2.24, 2.45) is 0 Å². The van der Waals surface area contributed by atoms with Gasteiger partial charge in [0.2, 0.25) is 21.8 Å². The summed E-state index contributed by atoms with van der Waals surface area (Å²) in [5.74, 6) is -0.863. The molecule has 0 unspecified atom stereocenters. The molecule has 5 rings (SSSR count). The lowest BCUT2D eigenvalue weighted by Crippen LogP contribution is -2.55. The average Bonchev–Trinajstić information content (AvgIpc) is 3.35. The number of hydrogen-bond donors (Lipinski definition) is 2. The molecule has 1 saturated heterocycles. The third-order valence-corrected chi connectivity index (χ3v) is 12.7. The molecule has 1 aliphatic rings. The first-order valence-electron chi connectivity index (χ1n) is 23.0. The maximum atomic E-state index is 14.7. The zero-order valence-electron chi connectivity index (χ0n) is 39.7. The highest BCUT2D eigenvalue weighted by molar-refractivity contribution is 7.89. The molecule has 0 aliphatic carbocycles. The Labute approximate surface area is 409 Å². The Bertz CT molecular complexity index is 2490. The third kappa shape index (κ3) is 15.9. The Morgan fingerprint density at radius 1 is 0.873 bits per heavy atom. The molecule has 4 aromatic rings. The summed E-state index contributed by atoms with van der Waals surface area (Å²) < 4.78 is 106. The fourth-order valence-electron chi connectivity index (χ4n) is 7.55. The van der Waals surface area contributed by atoms with Crippen molar-refractivity contribution in [2.45, 2.75) is 57.3 Å². The summed E-state index contributed by atoms with van der Waals surface area (Å²) in [6, 6.07) is 13.7. The Hall–Kier alpha value is -6.25. The number of aromatic nitrogens is 3. The van der Waals surface area contributed by atoms with E-state index in [1.165, 1.54) is 23.1 Å². The second-order valence-electron chi connectivity index (χ2n) is 15.5. The van der Waals surface area contributed by atoms with Crippen LogP contribution in [0.25, 0.3) is 11.3 Å². The van der Waals surface area contributed by atoms with E-state index in [0.29, 0.717) is 23.4 Å². The van der Waals surface area contributed by atoms with Crippen LogP contribution in [0.5, 0.6) is 11.8 Å². The summed E-state index contributed by atoms with van der Waals surface area (Å²) in [6.07, 6.45) is -3.97. The van der Waals surface area contributed by atoms with Gasteiger partial charge in [0.1, 0.15) is 0 Å². The molecule has 1 aliphatic heterocycles. The van der Waals surface area contributed by atoms with Crippen molar-refractivity contribution >= 4 is 33.4 Å². The van der Waals surface area contributed by atoms with Crippen molar-refractivity contribution in [1.29, 1.82) is 0 Å². The summed E-state index contributed by atoms with van der Waals surface area (Å²) in [5, 5.41) is 23.0. The Kier molecular flexibility index (Phi) is 21.5. The molecule has 1 aromatic carbocycles. The number of carbonyl (C=O) groups is 2. The van der Waals surface area contributed by atoms with Gasteiger partial charge in [-0.3, -0.25) is 14.9 Å². The molecule has 25 heteroatoms. The molecule has 3 aromatic heterocycles. The summed E-state index contributed by atoms with van der Waals surface area (Å²) in [7, 11) is -4.63. The zero-order chi connectivity index (χ0) is 51.4. The van der Waals surface area contributed by atoms with E-state index in [2.05, 4.69) is 15.3 Å². The normalized spacial score (nSPS) is 14.2. The van der Waals surface area contributed by atoms with Crippen LogP contribution in [-0.2, 0) is 41.7 Å². The molecule has 0 radical (unpaired) electrons. The molecule has 71 heavy (non-hydrogen) atoms. The Balaban J connectivity index is 1.38. The van der Waals surface area contributed by atoms with Crippen LogP contribution in [0.1, 0.15) is 55.4 Å². The number of pyridine rings is 3. The van der Waals surface area contributed by atoms with Crippen molar-refractivity contribution in [1.82, 2.24) is 29.5 Å². The molecule has 1 atom stereocenters. The molecule has 21 nitrogen and oxygen atoms in total. The number of anilines is 1. The van der Waals surface area contributed by atoms with E-state index in [-0.39, 0.29) is 123 Å². The van der Waals surface area contributed by atoms with Gasteiger partial charge in [-0.1, -0.05) is 19.1 Å². The highest BCUT2D eigenvalue weighted by atomic mass is 32.2. The number of halogens is 3. The van der Waals surface area contributed by atoms with Gasteiger partial charge in [-0.25, -0.2) is 28.2 Å². The number of amides is 2. The molecule has 0 spiro atoms. The van der Waals surface area contributed by atoms with E-state index in [1.807, 2.05) is 11.8 Å². The predicted molar refractivity (Wildman–Crippen MR) is 251 cm³/mol. The smallest absolute Gasteiger partial charge is 0.434 e. The van der Waals surface area contributed by atoms with Crippen LogP contribution in [0.15, 0.2) is 71.8 Å². The lowest BCUT2D eigenvalue weighted by atomic mass is 10.0. The van der Waals surface area contributed by atoms with Gasteiger partial charge in [0.25, 0.3) is 11.6 Å². The van der Waals surface area contributed by atoms with Crippen LogP contribution in [0.3, 0.4) is 0 Å². The van der Waals surface area contributed by atoms with Crippen molar-refractivity contribution in [3.63, 3.8) is 0 Å². The molecule has 1 fully saturated rings. The lowest BCUT2D eigenvalue weighted by molar-refractivity contribution is -0.387. The van der Waals surface area contributed by atoms with Gasteiger partial charge in [0, 0.05) is 63.7 Å². The maximum absolute atomic E-state index is 14.7. The van der Waals surface area contributed by atoms with Gasteiger partial charge in [-0.2, -0.15) is 17.5 Å². The number of benzene rings is 1. The number of hydrogen-bond acceptors (Lipinski definition) is 16. The van der Waals surface area contributed by atoms with Gasteiger partial charge in [-0.05, 0) is 63.1 Å². The summed E-state index contributed by atoms with van der Waals surface area (Å²) >= 11 is 0. The number of sulfonamides is 1. The molecule has 388 valence electrons. The van der Waals surface area contributed by atoms with Crippen LogP contribution in [-0.4, -0.2) is 159 Å². The number of ether oxygens (including phenoxy) is 6. The van der Waals surface area contributed by atoms with Gasteiger partial charge in [0.15, 0.2) is 10.6 Å². The standard InChI is InChI=1S/C46H59F3N8O13S/c1-4-33-31-54(44(58)35-14-17-41(69-5-2)53-42(35)46(47,48)49)21-22-56(33)38-16-15-36(34-11-9-18-50-43(34)70-6-3)52-37(38)32-55(71(63,64)40-13-8-7-12-39(40)57(61)62)20-10-23-65-25-27-67-29-30-68-28-26-66-24-19-51-45(59)60/h7-9,11-18,33,51H,4-6,10,19-32H2,1-3H3,(H,59,60)/t33-/m1/s1. The van der Waals surface area contributed by atoms with Crippen molar-refractivity contribution in [3.8, 4) is 23.0 Å². The number of nitro benzene ring substituents is 1. The Morgan fingerprint density at radius 2 is 1.55 bits per heavy atom. The SMILES string of the molecule is CCOc1ccc(C(=O)N2CCN(c3ccc(-c4cccnc4OCC)nc3CN(CCCOCCOCCOCCOCCNC(=O)O)S(=O)(=O)c3ccccc3[N+](=O)[O-])[C@H](CC)C2)c(C(F)(F)F)n1. The number of alkyl halides is 3. The molecular formula is C46H59F3N8O13S. The van der Waals surface area contributed by atoms with Crippen molar-refractivity contribution in [2.75, 3.05) is 104 Å². The van der Waals surface area contributed by atoms with E-state index in [1.54, 1.807) is 44.3 Å². The Morgan fingerprint density at radius 3 is 2.20 bits per heavy atom. The van der Waals surface area contributed by atoms with E-state index in [0.717, 1.165) is 22.5 Å². The first-order valence-corrected chi connectivity index (χ1v) is 24.4. The van der Waals surface area contributed by atoms with Crippen molar-refractivity contribution in [3.05, 3.63) is 93.9 Å². The first kappa shape index (κ1) is 55.7. The van der Waals surface area contributed by atoms with Gasteiger partial charge < -0.3 is 48.6 Å². The third-order valence-electron chi connectivity index (χ3n) is 10.8.